The molecular formula is C29H18BCl2FN8. The van der Waals surface area contributed by atoms with E-state index in [-0.39, 0.29) is 22.2 Å². The van der Waals surface area contributed by atoms with Gasteiger partial charge in [-0.2, -0.15) is 10.5 Å². The maximum atomic E-state index is 13.8. The van der Waals surface area contributed by atoms with Crippen LogP contribution in [0, 0.1) is 28.5 Å². The number of nitriles is 2. The molecule has 2 radical (unpaired) electrons. The van der Waals surface area contributed by atoms with Crippen molar-refractivity contribution in [3.05, 3.63) is 105 Å². The smallest absolute Gasteiger partial charge is 0.141 e. The van der Waals surface area contributed by atoms with Gasteiger partial charge in [0.25, 0.3) is 0 Å². The molecule has 0 amide bonds. The van der Waals surface area contributed by atoms with Crippen molar-refractivity contribution in [2.75, 3.05) is 10.6 Å². The first-order valence-electron chi connectivity index (χ1n) is 12.5. The summed E-state index contributed by atoms with van der Waals surface area (Å²) in [5.74, 6) is -0.576. The fourth-order valence-corrected chi connectivity index (χ4v) is 5.12. The Bertz CT molecular complexity index is 1910. The molecule has 8 nitrogen and oxygen atoms in total. The first-order valence-corrected chi connectivity index (χ1v) is 13.3. The van der Waals surface area contributed by atoms with Crippen LogP contribution in [0.15, 0.2) is 67.0 Å². The topological polar surface area (TPSA) is 115 Å². The third-order valence-corrected chi connectivity index (χ3v) is 7.50. The van der Waals surface area contributed by atoms with Gasteiger partial charge in [-0.05, 0) is 54.8 Å². The highest BCUT2D eigenvalue weighted by atomic mass is 35.5. The van der Waals surface area contributed by atoms with Crippen molar-refractivity contribution in [1.82, 2.24) is 20.0 Å². The monoisotopic (exact) mass is 578 g/mol. The number of pyridine rings is 1. The van der Waals surface area contributed by atoms with E-state index >= 15 is 0 Å². The normalized spacial score (nSPS) is 14.2. The average molecular weight is 579 g/mol. The minimum Gasteiger partial charge on any atom is -0.378 e. The quantitative estimate of drug-likeness (QED) is 0.210. The minimum absolute atomic E-state index is 0.0844. The first-order chi connectivity index (χ1) is 19.8. The van der Waals surface area contributed by atoms with E-state index in [0.717, 1.165) is 12.8 Å². The fourth-order valence-electron chi connectivity index (χ4n) is 4.65. The van der Waals surface area contributed by atoms with Crippen molar-refractivity contribution in [3.8, 4) is 12.1 Å². The third kappa shape index (κ3) is 4.93. The predicted octanol–water partition coefficient (Wildman–Crippen LogP) is 6.58. The molecule has 5 aromatic rings. The Morgan fingerprint density at radius 2 is 1.78 bits per heavy atom. The van der Waals surface area contributed by atoms with E-state index in [1.165, 1.54) is 24.4 Å². The zero-order valence-corrected chi connectivity index (χ0v) is 22.7. The molecule has 1 unspecified atom stereocenters. The van der Waals surface area contributed by atoms with Crippen LogP contribution in [-0.2, 0) is 5.44 Å². The number of aromatic nitrogens is 4. The highest BCUT2D eigenvalue weighted by molar-refractivity contribution is 6.33. The van der Waals surface area contributed by atoms with Crippen molar-refractivity contribution in [2.24, 2.45) is 0 Å². The zero-order valence-electron chi connectivity index (χ0n) is 21.2. The largest absolute Gasteiger partial charge is 0.378 e. The van der Waals surface area contributed by atoms with Crippen LogP contribution in [0.1, 0.15) is 41.3 Å². The number of benzene rings is 3. The third-order valence-electron chi connectivity index (χ3n) is 6.88. The maximum absolute atomic E-state index is 13.8. The van der Waals surface area contributed by atoms with Gasteiger partial charge in [0, 0.05) is 28.0 Å². The fraction of sp³-hybridized carbons (Fsp3) is 0.138. The molecular weight excluding hydrogens is 561 g/mol. The van der Waals surface area contributed by atoms with E-state index in [9.17, 15) is 14.9 Å². The Balaban J connectivity index is 1.51. The van der Waals surface area contributed by atoms with Gasteiger partial charge < -0.3 is 10.6 Å². The Morgan fingerprint density at radius 3 is 2.49 bits per heavy atom. The van der Waals surface area contributed by atoms with E-state index in [1.807, 2.05) is 6.07 Å². The summed E-state index contributed by atoms with van der Waals surface area (Å²) in [5, 5.41) is 35.8. The van der Waals surface area contributed by atoms with E-state index in [0.29, 0.717) is 44.2 Å². The molecule has 0 spiro atoms. The molecule has 12 heteroatoms. The lowest BCUT2D eigenvalue weighted by Crippen LogP contribution is -2.38. The second-order valence-electron chi connectivity index (χ2n) is 9.67. The van der Waals surface area contributed by atoms with Crippen molar-refractivity contribution in [3.63, 3.8) is 0 Å². The first kappa shape index (κ1) is 26.6. The summed E-state index contributed by atoms with van der Waals surface area (Å²) >= 11 is 12.6. The Hall–Kier alpha value is -4.64. The van der Waals surface area contributed by atoms with Crippen molar-refractivity contribution in [2.45, 2.75) is 24.3 Å². The second kappa shape index (κ2) is 10.4. The molecule has 1 fully saturated rings. The lowest BCUT2D eigenvalue weighted by Gasteiger charge is -2.32. The standard InChI is InChI=1S/C29H18BCl2FN8/c30-29(22-3-1-2-4-23(22)31,26-15-41(40-39-26)20-6-7-20)38-19-9-16(12-34)27-21(10-19)28(17(13-35)14-36-27)37-18-5-8-25(33)24(32)11-18/h1-5,8-11,14-15,20,38H,6-7H2,(H,36,37). The lowest BCUT2D eigenvalue weighted by molar-refractivity contribution is 0.610. The zero-order chi connectivity index (χ0) is 28.7. The Morgan fingerprint density at radius 1 is 1.00 bits per heavy atom. The highest BCUT2D eigenvalue weighted by Crippen LogP contribution is 2.39. The van der Waals surface area contributed by atoms with Crippen LogP contribution in [0.3, 0.4) is 0 Å². The summed E-state index contributed by atoms with van der Waals surface area (Å²) in [6, 6.07) is 19.2. The van der Waals surface area contributed by atoms with Gasteiger partial charge in [-0.1, -0.05) is 46.6 Å². The molecule has 41 heavy (non-hydrogen) atoms. The summed E-state index contributed by atoms with van der Waals surface area (Å²) in [6.07, 6.45) is 5.19. The van der Waals surface area contributed by atoms with Gasteiger partial charge in [0.1, 0.15) is 31.5 Å². The molecule has 2 aromatic heterocycles. The van der Waals surface area contributed by atoms with Crippen LogP contribution in [0.2, 0.25) is 10.0 Å². The summed E-state index contributed by atoms with van der Waals surface area (Å²) in [6.45, 7) is 0. The molecule has 3 aromatic carbocycles. The van der Waals surface area contributed by atoms with Gasteiger partial charge in [-0.25, -0.2) is 9.07 Å². The molecule has 2 heterocycles. The molecule has 1 aliphatic carbocycles. The molecule has 6 rings (SSSR count). The van der Waals surface area contributed by atoms with Crippen molar-refractivity contribution < 1.29 is 4.39 Å². The number of hydrogen-bond acceptors (Lipinski definition) is 7. The van der Waals surface area contributed by atoms with Gasteiger partial charge >= 0.3 is 0 Å². The highest BCUT2D eigenvalue weighted by Gasteiger charge is 2.35. The van der Waals surface area contributed by atoms with Crippen LogP contribution >= 0.6 is 23.2 Å². The van der Waals surface area contributed by atoms with Gasteiger partial charge in [-0.15, -0.1) is 5.10 Å². The SMILES string of the molecule is [B]C(Nc1cc(C#N)c2ncc(C#N)c(Nc3ccc(F)c(Cl)c3)c2c1)(c1cn(C2CC2)nn1)c1ccccc1Cl. The second-order valence-corrected chi connectivity index (χ2v) is 10.5. The van der Waals surface area contributed by atoms with E-state index in [1.54, 1.807) is 41.2 Å². The molecule has 0 saturated heterocycles. The van der Waals surface area contributed by atoms with Crippen LogP contribution in [0.25, 0.3) is 10.9 Å². The van der Waals surface area contributed by atoms with Crippen molar-refractivity contribution >= 4 is 59.0 Å². The van der Waals surface area contributed by atoms with Gasteiger partial charge in [0.15, 0.2) is 0 Å². The van der Waals surface area contributed by atoms with Crippen LogP contribution in [0.4, 0.5) is 21.5 Å². The van der Waals surface area contributed by atoms with Gasteiger partial charge in [0.05, 0.1) is 45.0 Å². The number of halogens is 3. The van der Waals surface area contributed by atoms with E-state index in [4.69, 9.17) is 31.0 Å². The summed E-state index contributed by atoms with van der Waals surface area (Å²) in [5.41, 5.74) is 1.57. The van der Waals surface area contributed by atoms with Crippen LogP contribution in [-0.4, -0.2) is 27.8 Å². The molecule has 0 bridgehead atoms. The molecule has 1 atom stereocenters. The van der Waals surface area contributed by atoms with E-state index < -0.39 is 11.3 Å². The number of nitrogens with zero attached hydrogens (tertiary/aromatic N) is 6. The van der Waals surface area contributed by atoms with Gasteiger partial charge in [-0.3, -0.25) is 4.98 Å². The summed E-state index contributed by atoms with van der Waals surface area (Å²) < 4.78 is 15.6. The molecule has 1 aliphatic rings. The summed E-state index contributed by atoms with van der Waals surface area (Å²) in [4.78, 5) is 4.38. The number of rotatable bonds is 7. The van der Waals surface area contributed by atoms with Crippen molar-refractivity contribution in [1.29, 1.82) is 10.5 Å². The van der Waals surface area contributed by atoms with E-state index in [2.05, 4.69) is 38.1 Å². The number of anilines is 3. The molecule has 198 valence electrons. The number of fused-ring (bicyclic) bond motifs is 1. The summed E-state index contributed by atoms with van der Waals surface area (Å²) in [7, 11) is 7.06. The van der Waals surface area contributed by atoms with Crippen LogP contribution in [0.5, 0.6) is 0 Å². The predicted molar refractivity (Wildman–Crippen MR) is 156 cm³/mol. The average Bonchev–Trinajstić information content (AvgIpc) is 3.70. The Labute approximate surface area is 245 Å². The van der Waals surface area contributed by atoms with Crippen LogP contribution < -0.4 is 10.6 Å². The lowest BCUT2D eigenvalue weighted by atomic mass is 9.69. The number of hydrogen-bond donors (Lipinski definition) is 2. The van der Waals surface area contributed by atoms with Gasteiger partial charge in [0.2, 0.25) is 0 Å². The maximum Gasteiger partial charge on any atom is 0.141 e. The molecule has 1 saturated carbocycles. The molecule has 2 N–H and O–H groups in total. The minimum atomic E-state index is -1.44. The Kier molecular flexibility index (Phi) is 6.74. The molecule has 0 aliphatic heterocycles. The number of nitrogens with one attached hydrogen (secondary N) is 2.